The maximum Gasteiger partial charge on any atom is 0.410 e. The van der Waals surface area contributed by atoms with E-state index in [1.165, 1.54) is 12.1 Å². The molecule has 0 bridgehead atoms. The van der Waals surface area contributed by atoms with Gasteiger partial charge in [0.2, 0.25) is 11.9 Å². The Bertz CT molecular complexity index is 1340. The smallest absolute Gasteiger partial charge is 0.410 e. The van der Waals surface area contributed by atoms with Gasteiger partial charge >= 0.3 is 6.09 Å². The topological polar surface area (TPSA) is 140 Å². The van der Waals surface area contributed by atoms with Gasteiger partial charge in [-0.05, 0) is 59.4 Å². The number of hydrogen-bond donors (Lipinski definition) is 2. The van der Waals surface area contributed by atoms with Crippen molar-refractivity contribution in [3.05, 3.63) is 46.1 Å². The monoisotopic (exact) mass is 524 g/mol. The number of aromatic nitrogens is 4. The van der Waals surface area contributed by atoms with E-state index < -0.39 is 10.5 Å². The molecule has 0 saturated carbocycles. The highest BCUT2D eigenvalue weighted by atomic mass is 16.6. The molecule has 38 heavy (non-hydrogen) atoms. The maximum absolute atomic E-state index is 13.0. The number of ether oxygens (including phenoxy) is 1. The number of nitro benzene ring substituents is 1. The van der Waals surface area contributed by atoms with E-state index >= 15 is 0 Å². The summed E-state index contributed by atoms with van der Waals surface area (Å²) in [5.74, 6) is 0.908. The summed E-state index contributed by atoms with van der Waals surface area (Å²) in [5.41, 5.74) is 1.10. The molecule has 1 unspecified atom stereocenters. The summed E-state index contributed by atoms with van der Waals surface area (Å²) in [4.78, 5) is 35.0. The largest absolute Gasteiger partial charge is 0.444 e. The van der Waals surface area contributed by atoms with Gasteiger partial charge < -0.3 is 20.3 Å². The van der Waals surface area contributed by atoms with Crippen LogP contribution in [0.2, 0.25) is 0 Å². The van der Waals surface area contributed by atoms with Crippen LogP contribution in [0, 0.1) is 10.1 Å². The van der Waals surface area contributed by atoms with Gasteiger partial charge in [-0.1, -0.05) is 19.9 Å². The van der Waals surface area contributed by atoms with Gasteiger partial charge in [-0.25, -0.2) is 4.79 Å². The number of carbonyl (C=O) groups is 1. The van der Waals surface area contributed by atoms with Crippen molar-refractivity contribution in [3.63, 3.8) is 0 Å². The molecule has 12 nitrogen and oxygen atoms in total. The molecular formula is C26H36N8O4. The molecule has 0 radical (unpaired) electrons. The van der Waals surface area contributed by atoms with Crippen LogP contribution in [0.1, 0.15) is 72.8 Å². The Labute approximate surface area is 221 Å². The molecule has 1 amide bonds. The zero-order valence-electron chi connectivity index (χ0n) is 23.0. The van der Waals surface area contributed by atoms with Gasteiger partial charge in [0.15, 0.2) is 5.65 Å². The van der Waals surface area contributed by atoms with Crippen LogP contribution >= 0.6 is 0 Å². The molecule has 204 valence electrons. The minimum absolute atomic E-state index is 0.0333. The highest BCUT2D eigenvalue weighted by Crippen LogP contribution is 2.31. The zero-order chi connectivity index (χ0) is 27.8. The van der Waals surface area contributed by atoms with Gasteiger partial charge in [0.05, 0.1) is 11.1 Å². The molecule has 1 atom stereocenters. The number of nitro groups is 1. The predicted molar refractivity (Wildman–Crippen MR) is 145 cm³/mol. The van der Waals surface area contributed by atoms with Gasteiger partial charge in [0.1, 0.15) is 5.60 Å². The fourth-order valence-corrected chi connectivity index (χ4v) is 4.43. The van der Waals surface area contributed by atoms with Crippen molar-refractivity contribution in [1.82, 2.24) is 24.5 Å². The first kappa shape index (κ1) is 27.1. The summed E-state index contributed by atoms with van der Waals surface area (Å²) in [5, 5.41) is 22.3. The standard InChI is InChI=1S/C26H36N8O4/c1-16(2)20-14-27-33-21(20)30-22(31-23(33)29-17-9-8-10-19(13-17)34(36)37)28-18-11-12-26(6,7)32(15-18)24(35)38-25(3,4)5/h8-10,13-14,16,18H,11-12,15H2,1-7H3,(H2,28,29,30,31). The normalized spacial score (nSPS) is 17.5. The number of likely N-dealkylation sites (tertiary alicyclic amines) is 1. The number of anilines is 3. The number of non-ortho nitro benzene ring substituents is 1. The molecule has 1 aliphatic rings. The Hall–Kier alpha value is -3.96. The minimum atomic E-state index is -0.593. The second kappa shape index (κ2) is 10.1. The highest BCUT2D eigenvalue weighted by Gasteiger charge is 2.39. The van der Waals surface area contributed by atoms with Crippen LogP contribution in [-0.4, -0.2) is 59.2 Å². The minimum Gasteiger partial charge on any atom is -0.444 e. The number of fused-ring (bicyclic) bond motifs is 1. The molecule has 2 N–H and O–H groups in total. The average molecular weight is 525 g/mol. The van der Waals surface area contributed by atoms with Crippen molar-refractivity contribution in [2.45, 2.75) is 84.4 Å². The van der Waals surface area contributed by atoms with Crippen molar-refractivity contribution >= 4 is 35.0 Å². The van der Waals surface area contributed by atoms with Crippen LogP contribution in [0.5, 0.6) is 0 Å². The maximum atomic E-state index is 13.0. The van der Waals surface area contributed by atoms with E-state index in [0.717, 1.165) is 18.4 Å². The molecule has 4 rings (SSSR count). The van der Waals surface area contributed by atoms with Crippen molar-refractivity contribution < 1.29 is 14.5 Å². The number of nitrogens with one attached hydrogen (secondary N) is 2. The molecule has 3 aromatic rings. The number of hydrogen-bond acceptors (Lipinski definition) is 9. The van der Waals surface area contributed by atoms with E-state index in [9.17, 15) is 14.9 Å². The van der Waals surface area contributed by atoms with Crippen LogP contribution in [-0.2, 0) is 4.74 Å². The summed E-state index contributed by atoms with van der Waals surface area (Å²) in [7, 11) is 0. The molecule has 0 aliphatic carbocycles. The van der Waals surface area contributed by atoms with Gasteiger partial charge in [0, 0.05) is 41.5 Å². The third-order valence-electron chi connectivity index (χ3n) is 6.52. The molecule has 3 heterocycles. The van der Waals surface area contributed by atoms with E-state index in [1.54, 1.807) is 27.7 Å². The number of amides is 1. The highest BCUT2D eigenvalue weighted by molar-refractivity contribution is 5.69. The van der Waals surface area contributed by atoms with Crippen LogP contribution in [0.3, 0.4) is 0 Å². The van der Waals surface area contributed by atoms with E-state index in [4.69, 9.17) is 9.72 Å². The number of nitrogens with zero attached hydrogens (tertiary/aromatic N) is 6. The molecule has 1 fully saturated rings. The van der Waals surface area contributed by atoms with E-state index in [0.29, 0.717) is 29.8 Å². The van der Waals surface area contributed by atoms with Gasteiger partial charge in [-0.3, -0.25) is 10.1 Å². The molecule has 2 aromatic heterocycles. The second-order valence-electron chi connectivity index (χ2n) is 11.6. The molecule has 1 saturated heterocycles. The summed E-state index contributed by atoms with van der Waals surface area (Å²) in [6.07, 6.45) is 2.99. The fraction of sp³-hybridized carbons (Fsp3) is 0.538. The van der Waals surface area contributed by atoms with E-state index in [-0.39, 0.29) is 29.3 Å². The summed E-state index contributed by atoms with van der Waals surface area (Å²) in [6.45, 7) is 14.2. The van der Waals surface area contributed by atoms with E-state index in [1.807, 2.05) is 34.6 Å². The van der Waals surface area contributed by atoms with Crippen LogP contribution in [0.25, 0.3) is 5.65 Å². The number of piperidine rings is 1. The van der Waals surface area contributed by atoms with E-state index in [2.05, 4.69) is 34.6 Å². The Morgan fingerprint density at radius 2 is 2.00 bits per heavy atom. The Morgan fingerprint density at radius 3 is 2.66 bits per heavy atom. The van der Waals surface area contributed by atoms with Crippen molar-refractivity contribution in [2.75, 3.05) is 17.2 Å². The number of rotatable bonds is 6. The summed E-state index contributed by atoms with van der Waals surface area (Å²) in [6, 6.07) is 6.10. The van der Waals surface area contributed by atoms with Crippen LogP contribution in [0.4, 0.5) is 28.1 Å². The molecule has 1 aliphatic heterocycles. The molecular weight excluding hydrogens is 488 g/mol. The summed E-state index contributed by atoms with van der Waals surface area (Å²) < 4.78 is 7.26. The Balaban J connectivity index is 1.65. The lowest BCUT2D eigenvalue weighted by Gasteiger charge is -2.45. The van der Waals surface area contributed by atoms with Crippen molar-refractivity contribution in [2.24, 2.45) is 0 Å². The third kappa shape index (κ3) is 5.95. The molecule has 1 aromatic carbocycles. The Morgan fingerprint density at radius 1 is 1.26 bits per heavy atom. The van der Waals surface area contributed by atoms with Crippen LogP contribution in [0.15, 0.2) is 30.5 Å². The van der Waals surface area contributed by atoms with Crippen LogP contribution < -0.4 is 10.6 Å². The van der Waals surface area contributed by atoms with Crippen molar-refractivity contribution in [3.8, 4) is 0 Å². The lowest BCUT2D eigenvalue weighted by atomic mass is 9.88. The first-order valence-electron chi connectivity index (χ1n) is 12.8. The molecule has 0 spiro atoms. The van der Waals surface area contributed by atoms with Crippen molar-refractivity contribution in [1.29, 1.82) is 0 Å². The fourth-order valence-electron chi connectivity index (χ4n) is 4.43. The number of benzene rings is 1. The third-order valence-corrected chi connectivity index (χ3v) is 6.52. The SMILES string of the molecule is CC(C)c1cnn2c(Nc3cccc([N+](=O)[O-])c3)nc(NC3CCC(C)(C)N(C(=O)OC(C)(C)C)C3)nc12. The lowest BCUT2D eigenvalue weighted by molar-refractivity contribution is -0.384. The first-order valence-corrected chi connectivity index (χ1v) is 12.8. The lowest BCUT2D eigenvalue weighted by Crippen LogP contribution is -2.57. The van der Waals surface area contributed by atoms with Gasteiger partial charge in [-0.2, -0.15) is 19.6 Å². The number of carbonyl (C=O) groups excluding carboxylic acids is 1. The summed E-state index contributed by atoms with van der Waals surface area (Å²) >= 11 is 0. The Kier molecular flexibility index (Phi) is 7.18. The first-order chi connectivity index (χ1) is 17.7. The average Bonchev–Trinajstić information content (AvgIpc) is 3.24. The zero-order valence-corrected chi connectivity index (χ0v) is 23.0. The quantitative estimate of drug-likeness (QED) is 0.316. The van der Waals surface area contributed by atoms with Gasteiger partial charge in [-0.15, -0.1) is 0 Å². The molecule has 12 heteroatoms. The predicted octanol–water partition coefficient (Wildman–Crippen LogP) is 5.49. The van der Waals surface area contributed by atoms with Gasteiger partial charge in [0.25, 0.3) is 5.69 Å². The second-order valence-corrected chi connectivity index (χ2v) is 11.6.